The third-order valence-electron chi connectivity index (χ3n) is 3.02. The van der Waals surface area contributed by atoms with E-state index in [4.69, 9.17) is 11.5 Å². The first-order valence-corrected chi connectivity index (χ1v) is 9.50. The number of aromatic amines is 2. The summed E-state index contributed by atoms with van der Waals surface area (Å²) in [6.45, 7) is 12.2. The molecular weight excluding hydrogens is 336 g/mol. The summed E-state index contributed by atoms with van der Waals surface area (Å²) in [6.07, 6.45) is 11.8. The van der Waals surface area contributed by atoms with Crippen molar-refractivity contribution in [3.05, 3.63) is 49.3 Å². The largest absolute Gasteiger partial charge is 0.397 e. The molecule has 6 N–H and O–H groups in total. The summed E-state index contributed by atoms with van der Waals surface area (Å²) in [7, 11) is 0. The first-order valence-electron chi connectivity index (χ1n) is 9.50. The van der Waals surface area contributed by atoms with Crippen LogP contribution in [-0.4, -0.2) is 19.9 Å². The van der Waals surface area contributed by atoms with Crippen molar-refractivity contribution in [1.29, 1.82) is 0 Å². The summed E-state index contributed by atoms with van der Waals surface area (Å²) in [5.41, 5.74) is 14.7. The average Bonchev–Trinajstić information content (AvgIpc) is 3.35. The van der Waals surface area contributed by atoms with Crippen LogP contribution in [0.5, 0.6) is 0 Å². The SMILES string of the molecule is CC.CC.CCC.Nc1c[nH]c2cnccc12.Nc1cncc2[nH]ccc12. The minimum absolute atomic E-state index is 0.721. The summed E-state index contributed by atoms with van der Waals surface area (Å²) < 4.78 is 0. The smallest absolute Gasteiger partial charge is 0.0661 e. The number of H-pyrrole nitrogens is 2. The minimum atomic E-state index is 0.721. The number of nitrogens with zero attached hydrogens (tertiary/aromatic N) is 2. The molecule has 0 aromatic carbocycles. The highest BCUT2D eigenvalue weighted by Gasteiger charge is 1.96. The number of fused-ring (bicyclic) bond motifs is 2. The molecule has 6 heteroatoms. The van der Waals surface area contributed by atoms with E-state index in [1.807, 2.05) is 46.0 Å². The molecular formula is C21H34N6. The molecule has 0 aliphatic heterocycles. The van der Waals surface area contributed by atoms with E-state index in [9.17, 15) is 0 Å². The van der Waals surface area contributed by atoms with Gasteiger partial charge in [-0.2, -0.15) is 0 Å². The van der Waals surface area contributed by atoms with Crippen molar-refractivity contribution < 1.29 is 0 Å². The fraction of sp³-hybridized carbons (Fsp3) is 0.333. The molecule has 0 atom stereocenters. The fourth-order valence-electron chi connectivity index (χ4n) is 2.00. The topological polar surface area (TPSA) is 109 Å². The second-order valence-electron chi connectivity index (χ2n) is 5.04. The van der Waals surface area contributed by atoms with E-state index in [0.717, 1.165) is 33.2 Å². The van der Waals surface area contributed by atoms with Crippen molar-refractivity contribution >= 4 is 33.2 Å². The van der Waals surface area contributed by atoms with Gasteiger partial charge in [-0.25, -0.2) is 0 Å². The number of aromatic nitrogens is 4. The Morgan fingerprint density at radius 3 is 1.93 bits per heavy atom. The van der Waals surface area contributed by atoms with E-state index in [1.54, 1.807) is 31.0 Å². The maximum atomic E-state index is 5.62. The number of nitrogen functional groups attached to an aromatic ring is 2. The van der Waals surface area contributed by atoms with Crippen LogP contribution in [0, 0.1) is 0 Å². The van der Waals surface area contributed by atoms with Gasteiger partial charge >= 0.3 is 0 Å². The van der Waals surface area contributed by atoms with E-state index in [1.165, 1.54) is 6.42 Å². The molecule has 6 nitrogen and oxygen atoms in total. The maximum absolute atomic E-state index is 5.62. The van der Waals surface area contributed by atoms with Gasteiger partial charge in [0.05, 0.1) is 41.0 Å². The highest BCUT2D eigenvalue weighted by molar-refractivity contribution is 5.90. The van der Waals surface area contributed by atoms with Gasteiger partial charge in [0.1, 0.15) is 0 Å². The van der Waals surface area contributed by atoms with Gasteiger partial charge in [0.15, 0.2) is 0 Å². The monoisotopic (exact) mass is 370 g/mol. The zero-order chi connectivity index (χ0) is 20.7. The second-order valence-corrected chi connectivity index (χ2v) is 5.04. The lowest BCUT2D eigenvalue weighted by Crippen LogP contribution is -1.85. The van der Waals surface area contributed by atoms with Crippen LogP contribution in [0.3, 0.4) is 0 Å². The molecule has 0 bridgehead atoms. The fourth-order valence-corrected chi connectivity index (χ4v) is 2.00. The Bertz CT molecular complexity index is 857. The molecule has 0 saturated heterocycles. The molecule has 148 valence electrons. The summed E-state index contributed by atoms with van der Waals surface area (Å²) >= 11 is 0. The van der Waals surface area contributed by atoms with Gasteiger partial charge in [0, 0.05) is 29.4 Å². The highest BCUT2D eigenvalue weighted by Crippen LogP contribution is 2.17. The van der Waals surface area contributed by atoms with Crippen molar-refractivity contribution in [2.45, 2.75) is 48.0 Å². The summed E-state index contributed by atoms with van der Waals surface area (Å²) in [6, 6.07) is 3.83. The Kier molecular flexibility index (Phi) is 12.6. The molecule has 4 rings (SSSR count). The van der Waals surface area contributed by atoms with Crippen LogP contribution >= 0.6 is 0 Å². The van der Waals surface area contributed by atoms with Gasteiger partial charge < -0.3 is 21.4 Å². The van der Waals surface area contributed by atoms with Gasteiger partial charge in [0.25, 0.3) is 0 Å². The molecule has 0 unspecified atom stereocenters. The number of hydrogen-bond acceptors (Lipinski definition) is 4. The van der Waals surface area contributed by atoms with Crippen LogP contribution in [0.1, 0.15) is 48.0 Å². The van der Waals surface area contributed by atoms with Crippen LogP contribution in [-0.2, 0) is 0 Å². The zero-order valence-electron chi connectivity index (χ0n) is 17.4. The number of pyridine rings is 2. The number of nitrogens with two attached hydrogens (primary N) is 2. The molecule has 0 amide bonds. The van der Waals surface area contributed by atoms with Crippen molar-refractivity contribution in [3.8, 4) is 0 Å². The quantitative estimate of drug-likeness (QED) is 0.315. The Morgan fingerprint density at radius 1 is 0.778 bits per heavy atom. The average molecular weight is 371 g/mol. The lowest BCUT2D eigenvalue weighted by atomic mass is 10.3. The van der Waals surface area contributed by atoms with Crippen molar-refractivity contribution in [2.75, 3.05) is 11.5 Å². The van der Waals surface area contributed by atoms with E-state index >= 15 is 0 Å². The molecule has 0 spiro atoms. The number of rotatable bonds is 0. The maximum Gasteiger partial charge on any atom is 0.0661 e. The standard InChI is InChI=1S/2C7H7N3.C3H8.2C2H6/c8-6-3-9-4-7-5(6)1-2-10-7;8-6-3-10-7-4-9-2-1-5(6)7;1-3-2;2*1-2/h2*1-4,10H,8H2;3H2,1-2H3;2*1-2H3. The Labute approximate surface area is 162 Å². The van der Waals surface area contributed by atoms with Crippen LogP contribution in [0.25, 0.3) is 21.8 Å². The molecule has 0 aliphatic carbocycles. The molecule has 27 heavy (non-hydrogen) atoms. The third kappa shape index (κ3) is 7.40. The molecule has 0 saturated carbocycles. The molecule has 4 aromatic heterocycles. The lowest BCUT2D eigenvalue weighted by molar-refractivity contribution is 1.09. The molecule has 0 fully saturated rings. The number of nitrogens with one attached hydrogen (secondary N) is 2. The van der Waals surface area contributed by atoms with E-state index in [-0.39, 0.29) is 0 Å². The molecule has 0 aliphatic rings. The Balaban J connectivity index is 0.000000379. The van der Waals surface area contributed by atoms with Gasteiger partial charge in [-0.05, 0) is 12.1 Å². The number of hydrogen-bond donors (Lipinski definition) is 4. The van der Waals surface area contributed by atoms with Gasteiger partial charge in [-0.1, -0.05) is 48.0 Å². The Hall–Kier alpha value is -3.02. The van der Waals surface area contributed by atoms with Gasteiger partial charge in [-0.3, -0.25) is 9.97 Å². The number of anilines is 2. The van der Waals surface area contributed by atoms with Crippen molar-refractivity contribution in [3.63, 3.8) is 0 Å². The normalized spacial score (nSPS) is 8.81. The third-order valence-corrected chi connectivity index (χ3v) is 3.02. The van der Waals surface area contributed by atoms with E-state index in [2.05, 4.69) is 33.8 Å². The lowest BCUT2D eigenvalue weighted by Gasteiger charge is -1.91. The van der Waals surface area contributed by atoms with E-state index < -0.39 is 0 Å². The van der Waals surface area contributed by atoms with Crippen LogP contribution < -0.4 is 11.5 Å². The summed E-state index contributed by atoms with van der Waals surface area (Å²) in [5, 5.41) is 2.07. The predicted octanol–water partition coefficient (Wildman–Crippen LogP) is 5.76. The first-order chi connectivity index (χ1) is 13.2. The molecule has 0 radical (unpaired) electrons. The summed E-state index contributed by atoms with van der Waals surface area (Å²) in [5.74, 6) is 0. The van der Waals surface area contributed by atoms with Gasteiger partial charge in [0.2, 0.25) is 0 Å². The second kappa shape index (κ2) is 14.2. The van der Waals surface area contributed by atoms with Gasteiger partial charge in [-0.15, -0.1) is 0 Å². The van der Waals surface area contributed by atoms with E-state index in [0.29, 0.717) is 0 Å². The van der Waals surface area contributed by atoms with Crippen LogP contribution in [0.2, 0.25) is 0 Å². The molecule has 4 aromatic rings. The van der Waals surface area contributed by atoms with Crippen LogP contribution in [0.4, 0.5) is 11.4 Å². The zero-order valence-corrected chi connectivity index (χ0v) is 17.4. The minimum Gasteiger partial charge on any atom is -0.397 e. The van der Waals surface area contributed by atoms with Crippen molar-refractivity contribution in [2.24, 2.45) is 0 Å². The Morgan fingerprint density at radius 2 is 1.33 bits per heavy atom. The predicted molar refractivity (Wildman–Crippen MR) is 120 cm³/mol. The molecule has 4 heterocycles. The first kappa shape index (κ1) is 24.0. The summed E-state index contributed by atoms with van der Waals surface area (Å²) in [4.78, 5) is 13.9. The van der Waals surface area contributed by atoms with Crippen molar-refractivity contribution in [1.82, 2.24) is 19.9 Å². The highest BCUT2D eigenvalue weighted by atomic mass is 14.8. The van der Waals surface area contributed by atoms with Crippen LogP contribution in [0.15, 0.2) is 49.3 Å².